The molecule has 0 radical (unpaired) electrons. The van der Waals surface area contributed by atoms with Crippen molar-refractivity contribution >= 4 is 11.7 Å². The standard InChI is InChI=1S/C9H15NO2/c1-6(11)7-4-5-8(7)9(12)10(2)3/h7-8H,4-5H2,1-3H3/t7-,8-/m0/s1. The van der Waals surface area contributed by atoms with Gasteiger partial charge in [-0.25, -0.2) is 0 Å². The summed E-state index contributed by atoms with van der Waals surface area (Å²) in [5.74, 6) is 0.223. The third kappa shape index (κ3) is 1.49. The molecule has 3 heteroatoms. The third-order valence-corrected chi connectivity index (χ3v) is 2.55. The Hall–Kier alpha value is -0.860. The van der Waals surface area contributed by atoms with E-state index in [0.717, 1.165) is 12.8 Å². The van der Waals surface area contributed by atoms with E-state index in [1.54, 1.807) is 25.9 Å². The highest BCUT2D eigenvalue weighted by molar-refractivity contribution is 5.88. The van der Waals surface area contributed by atoms with Crippen LogP contribution in [0.25, 0.3) is 0 Å². The molecule has 12 heavy (non-hydrogen) atoms. The predicted octanol–water partition coefficient (Wildman–Crippen LogP) is 0.690. The molecular formula is C9H15NO2. The van der Waals surface area contributed by atoms with Crippen LogP contribution in [0.1, 0.15) is 19.8 Å². The Morgan fingerprint density at radius 2 is 1.67 bits per heavy atom. The molecular weight excluding hydrogens is 154 g/mol. The van der Waals surface area contributed by atoms with Crippen molar-refractivity contribution in [2.75, 3.05) is 14.1 Å². The fraction of sp³-hybridized carbons (Fsp3) is 0.778. The topological polar surface area (TPSA) is 37.4 Å². The van der Waals surface area contributed by atoms with Gasteiger partial charge in [0.25, 0.3) is 0 Å². The van der Waals surface area contributed by atoms with Gasteiger partial charge < -0.3 is 4.90 Å². The van der Waals surface area contributed by atoms with Crippen LogP contribution in [-0.2, 0) is 9.59 Å². The lowest BCUT2D eigenvalue weighted by atomic mass is 9.71. The smallest absolute Gasteiger partial charge is 0.225 e. The quantitative estimate of drug-likeness (QED) is 0.610. The molecule has 1 amide bonds. The minimum atomic E-state index is -0.0301. The minimum Gasteiger partial charge on any atom is -0.349 e. The van der Waals surface area contributed by atoms with Crippen LogP contribution < -0.4 is 0 Å². The summed E-state index contributed by atoms with van der Waals surface area (Å²) in [5.41, 5.74) is 0. The molecule has 1 aliphatic rings. The molecule has 0 N–H and O–H groups in total. The SMILES string of the molecule is CC(=O)[C@@H]1CC[C@@H]1C(=O)N(C)C. The summed E-state index contributed by atoms with van der Waals surface area (Å²) in [5, 5.41) is 0. The molecule has 1 aliphatic carbocycles. The first-order valence-corrected chi connectivity index (χ1v) is 4.25. The Morgan fingerprint density at radius 3 is 1.92 bits per heavy atom. The lowest BCUT2D eigenvalue weighted by molar-refractivity contribution is -0.144. The van der Waals surface area contributed by atoms with Gasteiger partial charge in [0.15, 0.2) is 0 Å². The molecule has 0 aromatic heterocycles. The number of nitrogens with zero attached hydrogens (tertiary/aromatic N) is 1. The van der Waals surface area contributed by atoms with E-state index in [1.165, 1.54) is 0 Å². The predicted molar refractivity (Wildman–Crippen MR) is 45.6 cm³/mol. The van der Waals surface area contributed by atoms with Crippen molar-refractivity contribution in [1.82, 2.24) is 4.90 Å². The molecule has 1 saturated carbocycles. The average molecular weight is 169 g/mol. The van der Waals surface area contributed by atoms with E-state index < -0.39 is 0 Å². The highest BCUT2D eigenvalue weighted by Crippen LogP contribution is 2.35. The lowest BCUT2D eigenvalue weighted by Gasteiger charge is -2.35. The number of carbonyl (C=O) groups is 2. The number of rotatable bonds is 2. The number of ketones is 1. The average Bonchev–Trinajstić information content (AvgIpc) is 1.82. The molecule has 0 spiro atoms. The first-order valence-electron chi connectivity index (χ1n) is 4.25. The summed E-state index contributed by atoms with van der Waals surface area (Å²) in [7, 11) is 3.47. The molecule has 2 atom stereocenters. The van der Waals surface area contributed by atoms with Gasteiger partial charge in [0.1, 0.15) is 5.78 Å². The summed E-state index contributed by atoms with van der Waals surface area (Å²) >= 11 is 0. The molecule has 0 heterocycles. The van der Waals surface area contributed by atoms with Crippen LogP contribution in [0.3, 0.4) is 0 Å². The van der Waals surface area contributed by atoms with E-state index in [4.69, 9.17) is 0 Å². The Labute approximate surface area is 72.7 Å². The van der Waals surface area contributed by atoms with E-state index in [2.05, 4.69) is 0 Å². The van der Waals surface area contributed by atoms with Crippen molar-refractivity contribution in [3.05, 3.63) is 0 Å². The number of carbonyl (C=O) groups excluding carboxylic acids is 2. The van der Waals surface area contributed by atoms with Gasteiger partial charge in [0.2, 0.25) is 5.91 Å². The molecule has 0 aliphatic heterocycles. The maximum absolute atomic E-state index is 11.4. The van der Waals surface area contributed by atoms with Crippen LogP contribution in [0.15, 0.2) is 0 Å². The lowest BCUT2D eigenvalue weighted by Crippen LogP contribution is -2.42. The van der Waals surface area contributed by atoms with E-state index in [1.807, 2.05) is 0 Å². The van der Waals surface area contributed by atoms with Gasteiger partial charge in [-0.05, 0) is 19.8 Å². The Balaban J connectivity index is 2.55. The molecule has 0 unspecified atom stereocenters. The maximum atomic E-state index is 11.4. The summed E-state index contributed by atoms with van der Waals surface area (Å²) in [6, 6.07) is 0. The number of hydrogen-bond acceptors (Lipinski definition) is 2. The molecule has 0 bridgehead atoms. The zero-order valence-corrected chi connectivity index (χ0v) is 7.83. The first kappa shape index (κ1) is 9.23. The molecule has 1 rings (SSSR count). The number of Topliss-reactive ketones (excluding diaryl/α,β-unsaturated/α-hetero) is 1. The normalized spacial score (nSPS) is 27.6. The van der Waals surface area contributed by atoms with Gasteiger partial charge in [-0.2, -0.15) is 0 Å². The van der Waals surface area contributed by atoms with Crippen molar-refractivity contribution in [2.24, 2.45) is 11.8 Å². The molecule has 0 saturated heterocycles. The summed E-state index contributed by atoms with van der Waals surface area (Å²) < 4.78 is 0. The van der Waals surface area contributed by atoms with Gasteiger partial charge >= 0.3 is 0 Å². The van der Waals surface area contributed by atoms with Gasteiger partial charge in [0.05, 0.1) is 0 Å². The monoisotopic (exact) mass is 169 g/mol. The van der Waals surface area contributed by atoms with Crippen molar-refractivity contribution in [1.29, 1.82) is 0 Å². The van der Waals surface area contributed by atoms with Crippen LogP contribution in [-0.4, -0.2) is 30.7 Å². The minimum absolute atomic E-state index is 0.0000926. The van der Waals surface area contributed by atoms with Gasteiger partial charge in [-0.3, -0.25) is 9.59 Å². The molecule has 0 aromatic rings. The molecule has 68 valence electrons. The Morgan fingerprint density at radius 1 is 1.17 bits per heavy atom. The van der Waals surface area contributed by atoms with Gasteiger partial charge in [-0.15, -0.1) is 0 Å². The largest absolute Gasteiger partial charge is 0.349 e. The fourth-order valence-electron chi connectivity index (χ4n) is 1.61. The van der Waals surface area contributed by atoms with E-state index in [0.29, 0.717) is 0 Å². The molecule has 3 nitrogen and oxygen atoms in total. The van der Waals surface area contributed by atoms with Gasteiger partial charge in [-0.1, -0.05) is 0 Å². The number of amides is 1. The van der Waals surface area contributed by atoms with Crippen molar-refractivity contribution in [3.63, 3.8) is 0 Å². The summed E-state index contributed by atoms with van der Waals surface area (Å²) in [4.78, 5) is 24.0. The second-order valence-corrected chi connectivity index (χ2v) is 3.63. The summed E-state index contributed by atoms with van der Waals surface area (Å²) in [6.07, 6.45) is 1.76. The highest BCUT2D eigenvalue weighted by Gasteiger charge is 2.39. The van der Waals surface area contributed by atoms with E-state index >= 15 is 0 Å². The van der Waals surface area contributed by atoms with Gasteiger partial charge in [0, 0.05) is 25.9 Å². The highest BCUT2D eigenvalue weighted by atomic mass is 16.2. The zero-order chi connectivity index (χ0) is 9.30. The van der Waals surface area contributed by atoms with E-state index in [-0.39, 0.29) is 23.5 Å². The molecule has 1 fully saturated rings. The first-order chi connectivity index (χ1) is 5.54. The third-order valence-electron chi connectivity index (χ3n) is 2.55. The van der Waals surface area contributed by atoms with Crippen LogP contribution in [0.4, 0.5) is 0 Å². The van der Waals surface area contributed by atoms with Crippen LogP contribution in [0, 0.1) is 11.8 Å². The Kier molecular flexibility index (Phi) is 2.50. The van der Waals surface area contributed by atoms with Crippen LogP contribution >= 0.6 is 0 Å². The zero-order valence-electron chi connectivity index (χ0n) is 7.83. The Bertz CT molecular complexity index is 211. The van der Waals surface area contributed by atoms with E-state index in [9.17, 15) is 9.59 Å². The second kappa shape index (κ2) is 3.25. The van der Waals surface area contributed by atoms with Crippen molar-refractivity contribution < 1.29 is 9.59 Å². The molecule has 0 aromatic carbocycles. The van der Waals surface area contributed by atoms with Crippen molar-refractivity contribution in [3.8, 4) is 0 Å². The summed E-state index contributed by atoms with van der Waals surface area (Å²) in [6.45, 7) is 1.57. The second-order valence-electron chi connectivity index (χ2n) is 3.63. The maximum Gasteiger partial charge on any atom is 0.225 e. The number of hydrogen-bond donors (Lipinski definition) is 0. The fourth-order valence-corrected chi connectivity index (χ4v) is 1.61. The van der Waals surface area contributed by atoms with Crippen LogP contribution in [0.5, 0.6) is 0 Å². The van der Waals surface area contributed by atoms with Crippen LogP contribution in [0.2, 0.25) is 0 Å². The van der Waals surface area contributed by atoms with Crippen molar-refractivity contribution in [2.45, 2.75) is 19.8 Å².